The maximum atomic E-state index is 12.4. The van der Waals surface area contributed by atoms with E-state index in [0.717, 1.165) is 38.8 Å². The van der Waals surface area contributed by atoms with Crippen LogP contribution < -0.4 is 20.1 Å². The van der Waals surface area contributed by atoms with Crippen LogP contribution in [0.2, 0.25) is 0 Å². The van der Waals surface area contributed by atoms with Crippen LogP contribution in [0.5, 0.6) is 11.5 Å². The Hall–Kier alpha value is -1.79. The van der Waals surface area contributed by atoms with Crippen molar-refractivity contribution in [2.24, 2.45) is 11.8 Å². The Labute approximate surface area is 148 Å². The minimum atomic E-state index is -0.209. The summed E-state index contributed by atoms with van der Waals surface area (Å²) in [4.78, 5) is 12.4. The maximum absolute atomic E-state index is 12.4. The lowest BCUT2D eigenvalue weighted by Crippen LogP contribution is -2.53. The van der Waals surface area contributed by atoms with Gasteiger partial charge in [0.1, 0.15) is 11.5 Å². The van der Waals surface area contributed by atoms with Crippen LogP contribution in [0, 0.1) is 11.8 Å². The number of aliphatic hydroxyl groups is 1. The molecule has 1 aromatic carbocycles. The number of benzene rings is 1. The quantitative estimate of drug-likeness (QED) is 0.693. The monoisotopic (exact) mass is 348 g/mol. The standard InChI is InChI=1S/C19H28N2O4/c1-24-16-3-2-4-17(11-16)25-12-18(23)21-19(14-9-15(22)10-14)13-5-7-20-8-6-13/h2-4,11,13-15,19-20,22H,5-10,12H2,1H3,(H,21,23)/t14?,15?,19-/m0/s1. The molecule has 6 nitrogen and oxygen atoms in total. The zero-order chi connectivity index (χ0) is 17.6. The first kappa shape index (κ1) is 18.0. The highest BCUT2D eigenvalue weighted by atomic mass is 16.5. The van der Waals surface area contributed by atoms with Crippen molar-refractivity contribution >= 4 is 5.91 Å². The molecule has 2 aliphatic rings. The Balaban J connectivity index is 1.54. The van der Waals surface area contributed by atoms with Gasteiger partial charge in [-0.15, -0.1) is 0 Å². The molecule has 0 radical (unpaired) electrons. The average molecular weight is 348 g/mol. The second-order valence-electron chi connectivity index (χ2n) is 7.03. The maximum Gasteiger partial charge on any atom is 0.258 e. The third-order valence-corrected chi connectivity index (χ3v) is 5.29. The first-order valence-corrected chi connectivity index (χ1v) is 9.10. The molecule has 2 fully saturated rings. The van der Waals surface area contributed by atoms with E-state index >= 15 is 0 Å². The minimum absolute atomic E-state index is 0.0100. The molecular weight excluding hydrogens is 320 g/mol. The van der Waals surface area contributed by atoms with Crippen LogP contribution in [-0.2, 0) is 4.79 Å². The molecule has 138 valence electrons. The fourth-order valence-corrected chi connectivity index (χ4v) is 3.81. The van der Waals surface area contributed by atoms with Gasteiger partial charge >= 0.3 is 0 Å². The molecule has 3 rings (SSSR count). The van der Waals surface area contributed by atoms with Gasteiger partial charge in [-0.2, -0.15) is 0 Å². The van der Waals surface area contributed by atoms with Crippen LogP contribution in [0.3, 0.4) is 0 Å². The van der Waals surface area contributed by atoms with E-state index in [-0.39, 0.29) is 24.7 Å². The molecule has 0 unspecified atom stereocenters. The number of hydrogen-bond donors (Lipinski definition) is 3. The minimum Gasteiger partial charge on any atom is -0.497 e. The smallest absolute Gasteiger partial charge is 0.258 e. The molecular formula is C19H28N2O4. The number of carbonyl (C=O) groups is 1. The molecule has 0 bridgehead atoms. The first-order chi connectivity index (χ1) is 12.2. The van der Waals surface area contributed by atoms with Crippen molar-refractivity contribution in [1.82, 2.24) is 10.6 Å². The lowest BCUT2D eigenvalue weighted by Gasteiger charge is -2.43. The first-order valence-electron chi connectivity index (χ1n) is 9.10. The fraction of sp³-hybridized carbons (Fsp3) is 0.632. The summed E-state index contributed by atoms with van der Waals surface area (Å²) >= 11 is 0. The van der Waals surface area contributed by atoms with E-state index in [9.17, 15) is 9.90 Å². The van der Waals surface area contributed by atoms with Gasteiger partial charge in [0.25, 0.3) is 5.91 Å². The average Bonchev–Trinajstić information content (AvgIpc) is 2.63. The Kier molecular flexibility index (Phi) is 6.15. The largest absolute Gasteiger partial charge is 0.497 e. The van der Waals surface area contributed by atoms with Crippen LogP contribution in [0.15, 0.2) is 24.3 Å². The van der Waals surface area contributed by atoms with Crippen molar-refractivity contribution in [2.45, 2.75) is 37.8 Å². The molecule has 1 aliphatic carbocycles. The van der Waals surface area contributed by atoms with Gasteiger partial charge in [-0.1, -0.05) is 6.07 Å². The molecule has 1 amide bonds. The molecule has 1 atom stereocenters. The van der Waals surface area contributed by atoms with Crippen molar-refractivity contribution in [3.8, 4) is 11.5 Å². The number of amides is 1. The van der Waals surface area contributed by atoms with Crippen LogP contribution in [0.4, 0.5) is 0 Å². The van der Waals surface area contributed by atoms with E-state index in [1.165, 1.54) is 0 Å². The summed E-state index contributed by atoms with van der Waals surface area (Å²) in [6.45, 7) is 1.98. The number of rotatable bonds is 7. The third kappa shape index (κ3) is 4.86. The lowest BCUT2D eigenvalue weighted by molar-refractivity contribution is -0.125. The van der Waals surface area contributed by atoms with Crippen molar-refractivity contribution in [1.29, 1.82) is 0 Å². The Morgan fingerprint density at radius 1 is 1.28 bits per heavy atom. The highest BCUT2D eigenvalue weighted by Crippen LogP contribution is 2.35. The van der Waals surface area contributed by atoms with Crippen LogP contribution in [0.25, 0.3) is 0 Å². The summed E-state index contributed by atoms with van der Waals surface area (Å²) in [6.07, 6.45) is 3.49. The molecule has 1 saturated heterocycles. The predicted molar refractivity (Wildman–Crippen MR) is 94.7 cm³/mol. The fourth-order valence-electron chi connectivity index (χ4n) is 3.81. The molecule has 0 spiro atoms. The zero-order valence-electron chi connectivity index (χ0n) is 14.7. The summed E-state index contributed by atoms with van der Waals surface area (Å²) in [5.41, 5.74) is 0. The van der Waals surface area contributed by atoms with Crippen molar-refractivity contribution < 1.29 is 19.4 Å². The molecule has 1 aromatic rings. The summed E-state index contributed by atoms with van der Waals surface area (Å²) in [5.74, 6) is 2.06. The van der Waals surface area contributed by atoms with E-state index in [1.807, 2.05) is 18.2 Å². The summed E-state index contributed by atoms with van der Waals surface area (Å²) in [7, 11) is 1.60. The SMILES string of the molecule is COc1cccc(OCC(=O)N[C@@H](C2CCNCC2)C2CC(O)C2)c1. The third-order valence-electron chi connectivity index (χ3n) is 5.29. The van der Waals surface area contributed by atoms with Gasteiger partial charge in [0.2, 0.25) is 0 Å². The van der Waals surface area contributed by atoms with Gasteiger partial charge in [0, 0.05) is 12.1 Å². The van der Waals surface area contributed by atoms with E-state index in [1.54, 1.807) is 13.2 Å². The van der Waals surface area contributed by atoms with Crippen LogP contribution >= 0.6 is 0 Å². The summed E-state index contributed by atoms with van der Waals surface area (Å²) in [5, 5.41) is 16.2. The molecule has 6 heteroatoms. The van der Waals surface area contributed by atoms with Gasteiger partial charge < -0.3 is 25.2 Å². The summed E-state index contributed by atoms with van der Waals surface area (Å²) < 4.78 is 10.8. The lowest BCUT2D eigenvalue weighted by atomic mass is 9.71. The molecule has 1 heterocycles. The number of nitrogens with one attached hydrogen (secondary N) is 2. The van der Waals surface area contributed by atoms with Crippen molar-refractivity contribution in [3.63, 3.8) is 0 Å². The van der Waals surface area contributed by atoms with Crippen molar-refractivity contribution in [2.75, 3.05) is 26.8 Å². The molecule has 1 saturated carbocycles. The van der Waals surface area contributed by atoms with E-state index in [2.05, 4.69) is 10.6 Å². The molecule has 25 heavy (non-hydrogen) atoms. The Morgan fingerprint density at radius 2 is 2.00 bits per heavy atom. The van der Waals surface area contributed by atoms with E-state index < -0.39 is 0 Å². The van der Waals surface area contributed by atoms with E-state index in [0.29, 0.717) is 23.3 Å². The molecule has 0 aromatic heterocycles. The van der Waals surface area contributed by atoms with Gasteiger partial charge in [-0.25, -0.2) is 0 Å². The topological polar surface area (TPSA) is 79.8 Å². The normalized spacial score (nSPS) is 24.9. The van der Waals surface area contributed by atoms with Gasteiger partial charge in [0.15, 0.2) is 6.61 Å². The Morgan fingerprint density at radius 3 is 2.68 bits per heavy atom. The second-order valence-corrected chi connectivity index (χ2v) is 7.03. The second kappa shape index (κ2) is 8.54. The number of methoxy groups -OCH3 is 1. The summed E-state index contributed by atoms with van der Waals surface area (Å²) in [6, 6.07) is 7.37. The van der Waals surface area contributed by atoms with Gasteiger partial charge in [0.05, 0.1) is 13.2 Å². The molecule has 3 N–H and O–H groups in total. The number of aliphatic hydroxyl groups excluding tert-OH is 1. The Bertz CT molecular complexity index is 568. The highest BCUT2D eigenvalue weighted by Gasteiger charge is 2.39. The zero-order valence-corrected chi connectivity index (χ0v) is 14.7. The van der Waals surface area contributed by atoms with E-state index in [4.69, 9.17) is 9.47 Å². The van der Waals surface area contributed by atoms with Crippen LogP contribution in [-0.4, -0.2) is 50.0 Å². The number of ether oxygens (including phenoxy) is 2. The number of piperidine rings is 1. The molecule has 1 aliphatic heterocycles. The highest BCUT2D eigenvalue weighted by molar-refractivity contribution is 5.78. The van der Waals surface area contributed by atoms with Gasteiger partial charge in [-0.05, 0) is 62.7 Å². The number of hydrogen-bond acceptors (Lipinski definition) is 5. The number of carbonyl (C=O) groups excluding carboxylic acids is 1. The van der Waals surface area contributed by atoms with Crippen molar-refractivity contribution in [3.05, 3.63) is 24.3 Å². The van der Waals surface area contributed by atoms with Gasteiger partial charge in [-0.3, -0.25) is 4.79 Å². The predicted octanol–water partition coefficient (Wildman–Crippen LogP) is 1.33. The van der Waals surface area contributed by atoms with Crippen LogP contribution in [0.1, 0.15) is 25.7 Å².